The normalized spacial score (nSPS) is 16.1. The van der Waals surface area contributed by atoms with E-state index < -0.39 is 12.2 Å². The molecular formula is C26H48N6O6. The Morgan fingerprint density at radius 1 is 0.500 bits per heavy atom. The molecule has 38 heavy (non-hydrogen) atoms. The summed E-state index contributed by atoms with van der Waals surface area (Å²) < 4.78 is 10.2. The minimum absolute atomic E-state index is 0.134. The summed E-state index contributed by atoms with van der Waals surface area (Å²) in [6.45, 7) is 1.90. The van der Waals surface area contributed by atoms with Gasteiger partial charge in [-0.25, -0.2) is 19.2 Å². The number of hydrogen-bond acceptors (Lipinski definition) is 6. The molecule has 0 saturated heterocycles. The molecule has 12 heteroatoms. The van der Waals surface area contributed by atoms with E-state index in [1.165, 1.54) is 12.8 Å². The lowest BCUT2D eigenvalue weighted by Gasteiger charge is -2.22. The van der Waals surface area contributed by atoms with Crippen LogP contribution in [0.25, 0.3) is 0 Å². The van der Waals surface area contributed by atoms with E-state index in [1.54, 1.807) is 0 Å². The average Bonchev–Trinajstić information content (AvgIpc) is 2.92. The van der Waals surface area contributed by atoms with Crippen molar-refractivity contribution in [3.05, 3.63) is 0 Å². The SMILES string of the molecule is O=C(NCCCCCCNC(=O)NCCOC(=O)NC1CCCCC1)NCCOC(=O)NC1CCCCC1. The van der Waals surface area contributed by atoms with E-state index in [0.717, 1.165) is 77.0 Å². The highest BCUT2D eigenvalue weighted by atomic mass is 16.6. The second-order valence-corrected chi connectivity index (χ2v) is 10.0. The van der Waals surface area contributed by atoms with E-state index >= 15 is 0 Å². The molecule has 2 aliphatic carbocycles. The molecule has 0 atom stereocenters. The molecule has 0 radical (unpaired) electrons. The zero-order valence-corrected chi connectivity index (χ0v) is 22.7. The van der Waals surface area contributed by atoms with E-state index in [0.29, 0.717) is 13.1 Å². The lowest BCUT2D eigenvalue weighted by atomic mass is 9.96. The van der Waals surface area contributed by atoms with Gasteiger partial charge in [0.25, 0.3) is 0 Å². The largest absolute Gasteiger partial charge is 0.448 e. The van der Waals surface area contributed by atoms with Crippen molar-refractivity contribution in [2.24, 2.45) is 0 Å². The van der Waals surface area contributed by atoms with Gasteiger partial charge in [-0.3, -0.25) is 0 Å². The molecule has 0 unspecified atom stereocenters. The quantitative estimate of drug-likeness (QED) is 0.175. The molecule has 0 aromatic heterocycles. The summed E-state index contributed by atoms with van der Waals surface area (Å²) in [5.41, 5.74) is 0. The second kappa shape index (κ2) is 20.1. The van der Waals surface area contributed by atoms with Crippen LogP contribution < -0.4 is 31.9 Å². The van der Waals surface area contributed by atoms with Gasteiger partial charge in [0.2, 0.25) is 0 Å². The lowest BCUT2D eigenvalue weighted by Crippen LogP contribution is -2.40. The van der Waals surface area contributed by atoms with Crippen LogP contribution in [0.3, 0.4) is 0 Å². The monoisotopic (exact) mass is 540 g/mol. The maximum atomic E-state index is 11.8. The summed E-state index contributed by atoms with van der Waals surface area (Å²) in [7, 11) is 0. The smallest absolute Gasteiger partial charge is 0.407 e. The van der Waals surface area contributed by atoms with Gasteiger partial charge in [0.15, 0.2) is 0 Å². The van der Waals surface area contributed by atoms with Crippen LogP contribution in [0.2, 0.25) is 0 Å². The molecule has 0 aliphatic heterocycles. The highest BCUT2D eigenvalue weighted by Gasteiger charge is 2.17. The van der Waals surface area contributed by atoms with Crippen molar-refractivity contribution < 1.29 is 28.7 Å². The fourth-order valence-corrected chi connectivity index (χ4v) is 4.66. The number of unbranched alkanes of at least 4 members (excludes halogenated alkanes) is 3. The molecule has 0 bridgehead atoms. The van der Waals surface area contributed by atoms with E-state index in [-0.39, 0.29) is 50.4 Å². The summed E-state index contributed by atoms with van der Waals surface area (Å²) in [5, 5.41) is 16.6. The predicted octanol–water partition coefficient (Wildman–Crippen LogP) is 3.26. The summed E-state index contributed by atoms with van der Waals surface area (Å²) in [6, 6.07) is -0.154. The molecule has 0 spiro atoms. The van der Waals surface area contributed by atoms with Crippen LogP contribution in [0.5, 0.6) is 0 Å². The number of amides is 6. The van der Waals surface area contributed by atoms with Gasteiger partial charge < -0.3 is 41.4 Å². The van der Waals surface area contributed by atoms with Crippen LogP contribution in [0, 0.1) is 0 Å². The number of urea groups is 2. The lowest BCUT2D eigenvalue weighted by molar-refractivity contribution is 0.139. The van der Waals surface area contributed by atoms with Gasteiger partial charge in [0.1, 0.15) is 13.2 Å². The van der Waals surface area contributed by atoms with Crippen LogP contribution in [0.4, 0.5) is 19.2 Å². The fourth-order valence-electron chi connectivity index (χ4n) is 4.66. The molecular weight excluding hydrogens is 492 g/mol. The van der Waals surface area contributed by atoms with Gasteiger partial charge >= 0.3 is 24.2 Å². The van der Waals surface area contributed by atoms with Crippen molar-refractivity contribution >= 4 is 24.2 Å². The summed E-state index contributed by atoms with van der Waals surface area (Å²) in [6.07, 6.45) is 13.7. The first-order valence-corrected chi connectivity index (χ1v) is 14.4. The van der Waals surface area contributed by atoms with E-state index in [9.17, 15) is 19.2 Å². The van der Waals surface area contributed by atoms with Crippen LogP contribution >= 0.6 is 0 Å². The molecule has 0 aromatic rings. The molecule has 2 saturated carbocycles. The topological polar surface area (TPSA) is 159 Å². The molecule has 2 fully saturated rings. The van der Waals surface area contributed by atoms with Crippen LogP contribution in [-0.4, -0.2) is 75.7 Å². The van der Waals surface area contributed by atoms with Crippen molar-refractivity contribution in [3.8, 4) is 0 Å². The first kappa shape index (κ1) is 31.3. The Morgan fingerprint density at radius 2 is 0.868 bits per heavy atom. The second-order valence-electron chi connectivity index (χ2n) is 10.0. The minimum Gasteiger partial charge on any atom is -0.448 e. The van der Waals surface area contributed by atoms with Gasteiger partial charge in [-0.15, -0.1) is 0 Å². The number of carbonyl (C=O) groups is 4. The Balaban J connectivity index is 1.30. The van der Waals surface area contributed by atoms with Crippen molar-refractivity contribution in [3.63, 3.8) is 0 Å². The van der Waals surface area contributed by atoms with Crippen molar-refractivity contribution in [1.82, 2.24) is 31.9 Å². The first-order valence-electron chi connectivity index (χ1n) is 14.4. The standard InChI is InChI=1S/C26H48N6O6/c33-23(29-17-19-37-25(35)31-21-11-5-3-6-12-21)27-15-9-1-2-10-16-28-24(34)30-18-20-38-26(36)32-22-13-7-4-8-14-22/h21-22H,1-20H2,(H,31,35)(H,32,36)(H2,27,29,33)(H2,28,30,34). The van der Waals surface area contributed by atoms with Crippen molar-refractivity contribution in [2.75, 3.05) is 39.4 Å². The number of ether oxygens (including phenoxy) is 2. The molecule has 6 N–H and O–H groups in total. The van der Waals surface area contributed by atoms with Gasteiger partial charge in [-0.05, 0) is 38.5 Å². The van der Waals surface area contributed by atoms with Crippen molar-refractivity contribution in [1.29, 1.82) is 0 Å². The third kappa shape index (κ3) is 16.0. The van der Waals surface area contributed by atoms with E-state index in [4.69, 9.17) is 9.47 Å². The Kier molecular flexibility index (Phi) is 16.6. The number of nitrogens with one attached hydrogen (secondary N) is 6. The van der Waals surface area contributed by atoms with E-state index in [1.807, 2.05) is 0 Å². The third-order valence-corrected chi connectivity index (χ3v) is 6.77. The third-order valence-electron chi connectivity index (χ3n) is 6.77. The number of rotatable bonds is 15. The highest BCUT2D eigenvalue weighted by molar-refractivity contribution is 5.74. The molecule has 12 nitrogen and oxygen atoms in total. The Labute approximate surface area is 226 Å². The number of carbonyl (C=O) groups excluding carboxylic acids is 4. The van der Waals surface area contributed by atoms with Gasteiger partial charge in [0, 0.05) is 25.2 Å². The molecule has 2 aliphatic rings. The van der Waals surface area contributed by atoms with Crippen LogP contribution in [0.15, 0.2) is 0 Å². The molecule has 0 heterocycles. The summed E-state index contributed by atoms with van der Waals surface area (Å²) in [5.74, 6) is 0. The Bertz CT molecular complexity index is 640. The Morgan fingerprint density at radius 3 is 1.26 bits per heavy atom. The van der Waals surface area contributed by atoms with Gasteiger partial charge in [0.05, 0.1) is 13.1 Å². The van der Waals surface area contributed by atoms with Crippen LogP contribution in [-0.2, 0) is 9.47 Å². The Hall–Kier alpha value is -2.92. The van der Waals surface area contributed by atoms with E-state index in [2.05, 4.69) is 31.9 Å². The molecule has 218 valence electrons. The number of alkyl carbamates (subject to hydrolysis) is 2. The maximum Gasteiger partial charge on any atom is 0.407 e. The predicted molar refractivity (Wildman–Crippen MR) is 144 cm³/mol. The van der Waals surface area contributed by atoms with Gasteiger partial charge in [-0.1, -0.05) is 51.4 Å². The summed E-state index contributed by atoms with van der Waals surface area (Å²) >= 11 is 0. The molecule has 6 amide bonds. The maximum absolute atomic E-state index is 11.8. The molecule has 2 rings (SSSR count). The molecule has 0 aromatic carbocycles. The van der Waals surface area contributed by atoms with Gasteiger partial charge in [-0.2, -0.15) is 0 Å². The number of hydrogen-bond donors (Lipinski definition) is 6. The van der Waals surface area contributed by atoms with Crippen molar-refractivity contribution in [2.45, 2.75) is 102 Å². The first-order chi connectivity index (χ1) is 18.5. The highest BCUT2D eigenvalue weighted by Crippen LogP contribution is 2.18. The minimum atomic E-state index is -0.422. The zero-order valence-electron chi connectivity index (χ0n) is 22.7. The fraction of sp³-hybridized carbons (Fsp3) is 0.846. The average molecular weight is 541 g/mol. The summed E-state index contributed by atoms with van der Waals surface area (Å²) in [4.78, 5) is 47.1. The van der Waals surface area contributed by atoms with Crippen LogP contribution in [0.1, 0.15) is 89.9 Å². The zero-order chi connectivity index (χ0) is 27.3.